The zero-order chi connectivity index (χ0) is 22.1. The molecule has 0 radical (unpaired) electrons. The van der Waals surface area contributed by atoms with Crippen molar-refractivity contribution < 1.29 is 9.21 Å². The van der Waals surface area contributed by atoms with Crippen LogP contribution < -0.4 is 5.56 Å². The van der Waals surface area contributed by atoms with Crippen LogP contribution in [0, 0.1) is 0 Å². The average Bonchev–Trinajstić information content (AvgIpc) is 3.47. The number of oxazole rings is 1. The first kappa shape index (κ1) is 20.5. The van der Waals surface area contributed by atoms with Gasteiger partial charge in [0.25, 0.3) is 5.56 Å². The zero-order valence-corrected chi connectivity index (χ0v) is 18.0. The number of likely N-dealkylation sites (tertiary alicyclic amines) is 1. The maximum Gasteiger partial charge on any atom is 0.275 e. The van der Waals surface area contributed by atoms with Crippen molar-refractivity contribution in [1.82, 2.24) is 19.7 Å². The molecule has 0 bridgehead atoms. The maximum absolute atomic E-state index is 13.1. The Hall–Kier alpha value is -3.45. The lowest BCUT2D eigenvalue weighted by Gasteiger charge is -2.22. The molecule has 0 N–H and O–H groups in total. The van der Waals surface area contributed by atoms with Crippen LogP contribution in [-0.2, 0) is 17.8 Å². The topological polar surface area (TPSA) is 81.2 Å². The minimum atomic E-state index is -0.270. The van der Waals surface area contributed by atoms with E-state index in [9.17, 15) is 9.59 Å². The first-order chi connectivity index (χ1) is 15.6. The second kappa shape index (κ2) is 8.59. The van der Waals surface area contributed by atoms with E-state index in [1.54, 1.807) is 29.4 Å². The van der Waals surface area contributed by atoms with Crippen molar-refractivity contribution in [2.45, 2.75) is 31.8 Å². The summed E-state index contributed by atoms with van der Waals surface area (Å²) in [5.74, 6) is 1.09. The molecule has 1 amide bonds. The molecule has 162 valence electrons. The molecule has 1 fully saturated rings. The highest BCUT2D eigenvalue weighted by Crippen LogP contribution is 2.32. The summed E-state index contributed by atoms with van der Waals surface area (Å²) in [6, 6.07) is 14.6. The first-order valence-corrected chi connectivity index (χ1v) is 10.9. The van der Waals surface area contributed by atoms with Crippen LogP contribution in [0.4, 0.5) is 0 Å². The Bertz CT molecular complexity index is 1330. The summed E-state index contributed by atoms with van der Waals surface area (Å²) in [5, 5.41) is 6.17. The SMILES string of the molecule is O=C(Cn1ncc2ccccc2c1=O)N1CCC[C@@H]1c1ncc(Cc2ccc(Cl)cc2)o1. The first-order valence-electron chi connectivity index (χ1n) is 10.5. The number of carbonyl (C=O) groups excluding carboxylic acids is 1. The molecule has 32 heavy (non-hydrogen) atoms. The van der Waals surface area contributed by atoms with Gasteiger partial charge in [-0.25, -0.2) is 9.67 Å². The van der Waals surface area contributed by atoms with Gasteiger partial charge in [-0.2, -0.15) is 5.10 Å². The van der Waals surface area contributed by atoms with Gasteiger partial charge in [-0.15, -0.1) is 0 Å². The van der Waals surface area contributed by atoms with Crippen molar-refractivity contribution in [1.29, 1.82) is 0 Å². The fourth-order valence-electron chi connectivity index (χ4n) is 4.14. The standard InChI is InChI=1S/C24H21ClN4O3/c25-18-9-7-16(8-10-18)12-19-14-26-23(32-19)21-6-3-11-28(21)22(30)15-29-24(31)20-5-2-1-4-17(20)13-27-29/h1-2,4-5,7-10,13-14,21H,3,6,11-12,15H2/t21-/m1/s1. The number of hydrogen-bond donors (Lipinski definition) is 0. The van der Waals surface area contributed by atoms with Crippen LogP contribution in [0.2, 0.25) is 5.02 Å². The summed E-state index contributed by atoms with van der Waals surface area (Å²) >= 11 is 5.95. The molecule has 8 heteroatoms. The largest absolute Gasteiger partial charge is 0.443 e. The highest BCUT2D eigenvalue weighted by Gasteiger charge is 2.33. The lowest BCUT2D eigenvalue weighted by molar-refractivity contribution is -0.133. The van der Waals surface area contributed by atoms with Crippen LogP contribution in [0.3, 0.4) is 0 Å². The number of nitrogens with zero attached hydrogens (tertiary/aromatic N) is 4. The molecular weight excluding hydrogens is 428 g/mol. The minimum Gasteiger partial charge on any atom is -0.443 e. The molecule has 0 saturated carbocycles. The molecule has 1 aliphatic heterocycles. The molecular formula is C24H21ClN4O3. The van der Waals surface area contributed by atoms with Crippen molar-refractivity contribution in [2.24, 2.45) is 0 Å². The third-order valence-corrected chi connectivity index (χ3v) is 6.02. The second-order valence-electron chi connectivity index (χ2n) is 7.91. The van der Waals surface area contributed by atoms with E-state index in [4.69, 9.17) is 16.0 Å². The van der Waals surface area contributed by atoms with Gasteiger partial charge in [-0.05, 0) is 36.6 Å². The maximum atomic E-state index is 13.1. The van der Waals surface area contributed by atoms with Crippen molar-refractivity contribution in [3.8, 4) is 0 Å². The monoisotopic (exact) mass is 448 g/mol. The van der Waals surface area contributed by atoms with Crippen LogP contribution in [0.5, 0.6) is 0 Å². The number of amides is 1. The molecule has 7 nitrogen and oxygen atoms in total. The quantitative estimate of drug-likeness (QED) is 0.461. The second-order valence-corrected chi connectivity index (χ2v) is 8.34. The number of hydrogen-bond acceptors (Lipinski definition) is 5. The summed E-state index contributed by atoms with van der Waals surface area (Å²) in [6.07, 6.45) is 5.54. The predicted octanol–water partition coefficient (Wildman–Crippen LogP) is 3.99. The Morgan fingerprint density at radius 2 is 1.94 bits per heavy atom. The Balaban J connectivity index is 1.32. The summed E-state index contributed by atoms with van der Waals surface area (Å²) in [5.41, 5.74) is 0.798. The lowest BCUT2D eigenvalue weighted by Crippen LogP contribution is -2.37. The van der Waals surface area contributed by atoms with Crippen molar-refractivity contribution in [3.05, 3.63) is 93.5 Å². The van der Waals surface area contributed by atoms with Gasteiger partial charge in [-0.3, -0.25) is 9.59 Å². The Morgan fingerprint density at radius 3 is 2.78 bits per heavy atom. The van der Waals surface area contributed by atoms with Gasteiger partial charge < -0.3 is 9.32 Å². The van der Waals surface area contributed by atoms with Crippen molar-refractivity contribution in [3.63, 3.8) is 0 Å². The number of benzene rings is 2. The number of rotatable bonds is 5. The van der Waals surface area contributed by atoms with Crippen LogP contribution in [0.15, 0.2) is 70.1 Å². The van der Waals surface area contributed by atoms with Gasteiger partial charge in [0.2, 0.25) is 11.8 Å². The smallest absolute Gasteiger partial charge is 0.275 e. The highest BCUT2D eigenvalue weighted by molar-refractivity contribution is 6.30. The number of aromatic nitrogens is 3. The molecule has 1 aliphatic rings. The fourth-order valence-corrected chi connectivity index (χ4v) is 4.27. The molecule has 0 unspecified atom stereocenters. The van der Waals surface area contributed by atoms with E-state index in [1.165, 1.54) is 4.68 Å². The molecule has 1 saturated heterocycles. The molecule has 5 rings (SSSR count). The van der Waals surface area contributed by atoms with Crippen molar-refractivity contribution >= 4 is 28.3 Å². The third kappa shape index (κ3) is 4.03. The van der Waals surface area contributed by atoms with E-state index in [1.807, 2.05) is 36.4 Å². The van der Waals surface area contributed by atoms with Gasteiger partial charge in [-0.1, -0.05) is 41.9 Å². The van der Waals surface area contributed by atoms with Gasteiger partial charge in [0.05, 0.1) is 17.8 Å². The number of halogens is 1. The van der Waals surface area contributed by atoms with Gasteiger partial charge in [0, 0.05) is 23.4 Å². The summed E-state index contributed by atoms with van der Waals surface area (Å²) in [7, 11) is 0. The van der Waals surface area contributed by atoms with Crippen LogP contribution >= 0.6 is 11.6 Å². The van der Waals surface area contributed by atoms with Gasteiger partial charge >= 0.3 is 0 Å². The van der Waals surface area contributed by atoms with Crippen molar-refractivity contribution in [2.75, 3.05) is 6.54 Å². The van der Waals surface area contributed by atoms with E-state index < -0.39 is 0 Å². The molecule has 3 heterocycles. The molecule has 2 aromatic heterocycles. The zero-order valence-electron chi connectivity index (χ0n) is 17.3. The molecule has 0 spiro atoms. The van der Waals surface area contributed by atoms with E-state index in [2.05, 4.69) is 10.1 Å². The third-order valence-electron chi connectivity index (χ3n) is 5.77. The Labute approximate surface area is 189 Å². The number of fused-ring (bicyclic) bond motifs is 1. The number of carbonyl (C=O) groups is 1. The average molecular weight is 449 g/mol. The summed E-state index contributed by atoms with van der Waals surface area (Å²) < 4.78 is 7.22. The van der Waals surface area contributed by atoms with E-state index >= 15 is 0 Å². The van der Waals surface area contributed by atoms with Gasteiger partial charge in [0.15, 0.2) is 0 Å². The molecule has 4 aromatic rings. The van der Waals surface area contributed by atoms with Gasteiger partial charge in [0.1, 0.15) is 18.3 Å². The molecule has 0 aliphatic carbocycles. The minimum absolute atomic E-state index is 0.113. The van der Waals surface area contributed by atoms with Crippen LogP contribution in [-0.4, -0.2) is 32.1 Å². The molecule has 1 atom stereocenters. The van der Waals surface area contributed by atoms with E-state index in [0.717, 1.165) is 29.6 Å². The summed E-state index contributed by atoms with van der Waals surface area (Å²) in [6.45, 7) is 0.485. The van der Waals surface area contributed by atoms with Crippen LogP contribution in [0.25, 0.3) is 10.8 Å². The highest BCUT2D eigenvalue weighted by atomic mass is 35.5. The lowest BCUT2D eigenvalue weighted by atomic mass is 10.1. The normalized spacial score (nSPS) is 16.0. The van der Waals surface area contributed by atoms with E-state index in [0.29, 0.717) is 29.3 Å². The molecule has 2 aromatic carbocycles. The predicted molar refractivity (Wildman–Crippen MR) is 120 cm³/mol. The van der Waals surface area contributed by atoms with Crippen LogP contribution in [0.1, 0.15) is 36.1 Å². The fraction of sp³-hybridized carbons (Fsp3) is 0.250. The Morgan fingerprint density at radius 1 is 1.12 bits per heavy atom. The summed E-state index contributed by atoms with van der Waals surface area (Å²) in [4.78, 5) is 32.0. The van der Waals surface area contributed by atoms with E-state index in [-0.39, 0.29) is 24.1 Å². The Kier molecular flexibility index (Phi) is 5.49.